The molecule has 1 saturated heterocycles. The molecule has 3 N–H and O–H groups in total. The molecule has 0 spiro atoms. The second-order valence-electron chi connectivity index (χ2n) is 4.50. The maximum atomic E-state index is 13.9. The summed E-state index contributed by atoms with van der Waals surface area (Å²) in [5.41, 5.74) is 3.61. The molecule has 1 aliphatic heterocycles. The zero-order valence-electron chi connectivity index (χ0n) is 9.64. The van der Waals surface area contributed by atoms with E-state index in [0.29, 0.717) is 0 Å². The monoisotopic (exact) mass is 277 g/mol. The molecule has 18 heavy (non-hydrogen) atoms. The second kappa shape index (κ2) is 4.49. The highest BCUT2D eigenvalue weighted by molar-refractivity contribution is 6.32. The molecule has 2 heterocycles. The Hall–Kier alpha value is -1.18. The molecule has 100 valence electrons. The summed E-state index contributed by atoms with van der Waals surface area (Å²) in [7, 11) is 0. The van der Waals surface area contributed by atoms with E-state index in [2.05, 4.69) is 4.98 Å². The van der Waals surface area contributed by atoms with Crippen molar-refractivity contribution in [2.75, 3.05) is 12.3 Å². The number of alkyl halides is 1. The lowest BCUT2D eigenvalue weighted by molar-refractivity contribution is -0.0951. The van der Waals surface area contributed by atoms with Crippen LogP contribution in [-0.4, -0.2) is 33.0 Å². The van der Waals surface area contributed by atoms with Crippen LogP contribution in [0.5, 0.6) is 0 Å². The SMILES string of the molecule is C[C@@]1(CO)CC(F)C(n2cc(Cl)c(N)nc2=O)O1. The van der Waals surface area contributed by atoms with Crippen LogP contribution in [0.25, 0.3) is 0 Å². The van der Waals surface area contributed by atoms with E-state index in [1.165, 1.54) is 6.20 Å². The van der Waals surface area contributed by atoms with Gasteiger partial charge in [-0.05, 0) is 6.92 Å². The van der Waals surface area contributed by atoms with Crippen molar-refractivity contribution in [3.8, 4) is 0 Å². The van der Waals surface area contributed by atoms with Crippen LogP contribution in [0.1, 0.15) is 19.6 Å². The van der Waals surface area contributed by atoms with Gasteiger partial charge in [-0.2, -0.15) is 4.98 Å². The van der Waals surface area contributed by atoms with Crippen LogP contribution < -0.4 is 11.4 Å². The molecule has 0 aromatic carbocycles. The molecule has 1 fully saturated rings. The number of aliphatic hydroxyl groups excluding tert-OH is 1. The highest BCUT2D eigenvalue weighted by Crippen LogP contribution is 2.37. The Morgan fingerprint density at radius 2 is 2.50 bits per heavy atom. The van der Waals surface area contributed by atoms with E-state index in [-0.39, 0.29) is 23.9 Å². The molecule has 6 nitrogen and oxygen atoms in total. The maximum Gasteiger partial charge on any atom is 0.351 e. The van der Waals surface area contributed by atoms with E-state index < -0.39 is 23.7 Å². The smallest absolute Gasteiger partial charge is 0.351 e. The minimum atomic E-state index is -1.43. The summed E-state index contributed by atoms with van der Waals surface area (Å²) in [6, 6.07) is 0. The summed E-state index contributed by atoms with van der Waals surface area (Å²) in [5, 5.41) is 9.18. The van der Waals surface area contributed by atoms with Gasteiger partial charge in [-0.25, -0.2) is 9.18 Å². The summed E-state index contributed by atoms with van der Waals surface area (Å²) in [4.78, 5) is 15.1. The molecule has 2 unspecified atom stereocenters. The van der Waals surface area contributed by atoms with Crippen LogP contribution in [0.3, 0.4) is 0 Å². The lowest BCUT2D eigenvalue weighted by Gasteiger charge is -2.22. The van der Waals surface area contributed by atoms with E-state index in [0.717, 1.165) is 4.57 Å². The molecule has 2 rings (SSSR count). The zero-order chi connectivity index (χ0) is 13.5. The number of hydrogen-bond donors (Lipinski definition) is 2. The van der Waals surface area contributed by atoms with Crippen LogP contribution in [0.2, 0.25) is 5.02 Å². The van der Waals surface area contributed by atoms with Gasteiger partial charge in [0.05, 0.1) is 17.2 Å². The van der Waals surface area contributed by atoms with Gasteiger partial charge in [0.25, 0.3) is 0 Å². The first-order valence-electron chi connectivity index (χ1n) is 5.33. The van der Waals surface area contributed by atoms with Crippen LogP contribution in [0.15, 0.2) is 11.0 Å². The van der Waals surface area contributed by atoms with Gasteiger partial charge in [-0.1, -0.05) is 11.6 Å². The number of aliphatic hydroxyl groups is 1. The van der Waals surface area contributed by atoms with Crippen LogP contribution in [0.4, 0.5) is 10.2 Å². The summed E-state index contributed by atoms with van der Waals surface area (Å²) < 4.78 is 20.2. The molecular weight excluding hydrogens is 265 g/mol. The lowest BCUT2D eigenvalue weighted by atomic mass is 10.0. The minimum absolute atomic E-state index is 0.0113. The lowest BCUT2D eigenvalue weighted by Crippen LogP contribution is -2.33. The van der Waals surface area contributed by atoms with Gasteiger partial charge in [0.1, 0.15) is 12.0 Å². The molecule has 0 aliphatic carbocycles. The Morgan fingerprint density at radius 1 is 1.83 bits per heavy atom. The van der Waals surface area contributed by atoms with Crippen molar-refractivity contribution >= 4 is 17.4 Å². The highest BCUT2D eigenvalue weighted by Gasteiger charge is 2.44. The maximum absolute atomic E-state index is 13.9. The van der Waals surface area contributed by atoms with E-state index in [1.54, 1.807) is 6.92 Å². The van der Waals surface area contributed by atoms with Crippen molar-refractivity contribution in [3.63, 3.8) is 0 Å². The van der Waals surface area contributed by atoms with Crippen LogP contribution >= 0.6 is 11.6 Å². The largest absolute Gasteiger partial charge is 0.393 e. The summed E-state index contributed by atoms with van der Waals surface area (Å²) in [5.74, 6) is -0.115. The number of ether oxygens (including phenoxy) is 1. The third-order valence-electron chi connectivity index (χ3n) is 2.88. The van der Waals surface area contributed by atoms with E-state index in [1.807, 2.05) is 0 Å². The van der Waals surface area contributed by atoms with Gasteiger partial charge in [-0.3, -0.25) is 4.57 Å². The first kappa shape index (κ1) is 13.3. The number of hydrogen-bond acceptors (Lipinski definition) is 5. The average molecular weight is 278 g/mol. The van der Waals surface area contributed by atoms with Gasteiger partial charge in [-0.15, -0.1) is 0 Å². The summed E-state index contributed by atoms with van der Waals surface area (Å²) in [6.07, 6.45) is -1.41. The van der Waals surface area contributed by atoms with Crippen molar-refractivity contribution in [1.29, 1.82) is 0 Å². The van der Waals surface area contributed by atoms with Crippen molar-refractivity contribution in [1.82, 2.24) is 9.55 Å². The normalized spacial score (nSPS) is 31.8. The first-order chi connectivity index (χ1) is 8.36. The summed E-state index contributed by atoms with van der Waals surface area (Å²) in [6.45, 7) is 1.23. The number of halogens is 2. The number of nitrogens with zero attached hydrogens (tertiary/aromatic N) is 2. The third-order valence-corrected chi connectivity index (χ3v) is 3.18. The van der Waals surface area contributed by atoms with Gasteiger partial charge in [0.2, 0.25) is 0 Å². The zero-order valence-corrected chi connectivity index (χ0v) is 10.4. The van der Waals surface area contributed by atoms with Crippen LogP contribution in [0, 0.1) is 0 Å². The fourth-order valence-electron chi connectivity index (χ4n) is 1.90. The molecule has 1 aliphatic rings. The second-order valence-corrected chi connectivity index (χ2v) is 4.91. The molecule has 1 aromatic heterocycles. The third kappa shape index (κ3) is 2.21. The van der Waals surface area contributed by atoms with Crippen molar-refractivity contribution in [2.24, 2.45) is 0 Å². The van der Waals surface area contributed by atoms with Crippen molar-refractivity contribution < 1.29 is 14.2 Å². The Kier molecular flexibility index (Phi) is 3.31. The van der Waals surface area contributed by atoms with Gasteiger partial charge in [0.15, 0.2) is 6.23 Å². The number of rotatable bonds is 2. The molecule has 0 bridgehead atoms. The highest BCUT2D eigenvalue weighted by atomic mass is 35.5. The molecule has 1 aromatic rings. The number of aromatic nitrogens is 2. The topological polar surface area (TPSA) is 90.4 Å². The Balaban J connectivity index is 2.39. The predicted octanol–water partition coefficient (Wildman–Crippen LogP) is 0.487. The Bertz CT molecular complexity index is 524. The Morgan fingerprint density at radius 3 is 3.06 bits per heavy atom. The van der Waals surface area contributed by atoms with E-state index in [9.17, 15) is 9.18 Å². The Labute approximate surface area is 107 Å². The first-order valence-corrected chi connectivity index (χ1v) is 5.71. The van der Waals surface area contributed by atoms with Gasteiger partial charge < -0.3 is 15.6 Å². The molecule has 8 heteroatoms. The molecule has 0 saturated carbocycles. The molecule has 0 radical (unpaired) electrons. The number of anilines is 1. The van der Waals surface area contributed by atoms with E-state index in [4.69, 9.17) is 27.2 Å². The quantitative estimate of drug-likeness (QED) is 0.821. The number of nitrogen functional groups attached to an aromatic ring is 1. The average Bonchev–Trinajstić information content (AvgIpc) is 2.60. The van der Waals surface area contributed by atoms with E-state index >= 15 is 0 Å². The molecule has 0 amide bonds. The fourth-order valence-corrected chi connectivity index (χ4v) is 2.05. The van der Waals surface area contributed by atoms with Gasteiger partial charge in [0, 0.05) is 12.6 Å². The van der Waals surface area contributed by atoms with Gasteiger partial charge >= 0.3 is 5.69 Å². The fraction of sp³-hybridized carbons (Fsp3) is 0.600. The summed E-state index contributed by atoms with van der Waals surface area (Å²) >= 11 is 5.74. The van der Waals surface area contributed by atoms with Crippen molar-refractivity contribution in [3.05, 3.63) is 21.7 Å². The molecule has 3 atom stereocenters. The standard InChI is InChI=1S/C10H13ClFN3O3/c1-10(4-16)2-6(12)8(18-10)15-3-5(11)7(13)14-9(15)17/h3,6,8,16H,2,4H2,1H3,(H2,13,14,17)/t6?,8?,10-/m0/s1. The van der Waals surface area contributed by atoms with Crippen molar-refractivity contribution in [2.45, 2.75) is 31.3 Å². The predicted molar refractivity (Wildman–Crippen MR) is 63.0 cm³/mol. The molecular formula is C10H13ClFN3O3. The minimum Gasteiger partial charge on any atom is -0.393 e. The number of nitrogens with two attached hydrogens (primary N) is 1. The van der Waals surface area contributed by atoms with Crippen LogP contribution in [-0.2, 0) is 4.74 Å².